The number of hydrogen-bond acceptors (Lipinski definition) is 12. The van der Waals surface area contributed by atoms with Crippen LogP contribution in [0.25, 0.3) is 10.2 Å². The van der Waals surface area contributed by atoms with E-state index in [4.69, 9.17) is 25.8 Å². The first-order valence-electron chi connectivity index (χ1n) is 10.9. The maximum atomic E-state index is 6.10. The van der Waals surface area contributed by atoms with Crippen LogP contribution in [-0.2, 0) is 9.47 Å². The van der Waals surface area contributed by atoms with Crippen molar-refractivity contribution in [1.29, 1.82) is 0 Å². The number of nitrogens with zero attached hydrogens (tertiary/aromatic N) is 7. The number of benzene rings is 2. The van der Waals surface area contributed by atoms with Gasteiger partial charge in [-0.25, -0.2) is 9.97 Å². The average Bonchev–Trinajstić information content (AvgIpc) is 3.30. The maximum Gasteiger partial charge on any atom is 0.320 e. The van der Waals surface area contributed by atoms with Crippen LogP contribution in [-0.4, -0.2) is 67.6 Å². The van der Waals surface area contributed by atoms with Gasteiger partial charge < -0.3 is 24.4 Å². The molecular weight excluding hydrogens is 504 g/mol. The van der Waals surface area contributed by atoms with Crippen molar-refractivity contribution >= 4 is 61.3 Å². The fourth-order valence-electron chi connectivity index (χ4n) is 3.27. The van der Waals surface area contributed by atoms with Crippen molar-refractivity contribution in [2.75, 3.05) is 57.8 Å². The van der Waals surface area contributed by atoms with Gasteiger partial charge in [-0.3, -0.25) is 0 Å². The molecule has 0 unspecified atom stereocenters. The van der Waals surface area contributed by atoms with Crippen LogP contribution in [0.4, 0.5) is 28.1 Å². The topological polar surface area (TPSA) is 119 Å². The fraction of sp³-hybridized carbons (Fsp3) is 0.304. The van der Waals surface area contributed by atoms with E-state index in [-0.39, 0.29) is 6.01 Å². The summed E-state index contributed by atoms with van der Waals surface area (Å²) >= 11 is 7.51. The van der Waals surface area contributed by atoms with E-state index < -0.39 is 0 Å². The minimum absolute atomic E-state index is 0.196. The Hall–Kier alpha value is -3.45. The number of halogens is 1. The highest BCUT2D eigenvalue weighted by molar-refractivity contribution is 7.21. The molecule has 0 radical (unpaired) electrons. The number of nitrogens with one attached hydrogen (secondary N) is 1. The summed E-state index contributed by atoms with van der Waals surface area (Å²) in [6, 6.07) is 11.5. The van der Waals surface area contributed by atoms with E-state index in [0.717, 1.165) is 15.9 Å². The Morgan fingerprint density at radius 3 is 2.53 bits per heavy atom. The minimum Gasteiger partial charge on any atom is -0.467 e. The van der Waals surface area contributed by atoms with E-state index in [0.29, 0.717) is 53.8 Å². The number of hydrogen-bond donors (Lipinski definition) is 1. The number of rotatable bonds is 12. The zero-order valence-corrected chi connectivity index (χ0v) is 21.6. The van der Waals surface area contributed by atoms with Gasteiger partial charge in [0, 0.05) is 38.0 Å². The molecular formula is C23H25ClN8O3S. The predicted molar refractivity (Wildman–Crippen MR) is 141 cm³/mol. The zero-order valence-electron chi connectivity index (χ0n) is 20.0. The largest absolute Gasteiger partial charge is 0.467 e. The second-order valence-electron chi connectivity index (χ2n) is 7.40. The highest BCUT2D eigenvalue weighted by Crippen LogP contribution is 2.35. The van der Waals surface area contributed by atoms with Gasteiger partial charge in [-0.1, -0.05) is 22.9 Å². The monoisotopic (exact) mass is 528 g/mol. The summed E-state index contributed by atoms with van der Waals surface area (Å²) in [6.07, 6.45) is 1.37. The highest BCUT2D eigenvalue weighted by Gasteiger charge is 2.13. The highest BCUT2D eigenvalue weighted by atomic mass is 35.5. The van der Waals surface area contributed by atoms with Gasteiger partial charge in [0.1, 0.15) is 12.0 Å². The lowest BCUT2D eigenvalue weighted by atomic mass is 10.2. The Morgan fingerprint density at radius 2 is 1.78 bits per heavy atom. The van der Waals surface area contributed by atoms with Crippen LogP contribution in [0.1, 0.15) is 0 Å². The molecule has 0 atom stereocenters. The fourth-order valence-corrected chi connectivity index (χ4v) is 4.33. The molecule has 36 heavy (non-hydrogen) atoms. The van der Waals surface area contributed by atoms with E-state index in [2.05, 4.69) is 40.4 Å². The summed E-state index contributed by atoms with van der Waals surface area (Å²) in [5.74, 6) is 0.311. The molecule has 4 aromatic rings. The molecule has 13 heteroatoms. The lowest BCUT2D eigenvalue weighted by Crippen LogP contribution is -2.30. The molecule has 0 fully saturated rings. The lowest BCUT2D eigenvalue weighted by Gasteiger charge is -2.25. The summed E-state index contributed by atoms with van der Waals surface area (Å²) < 4.78 is 16.6. The SMILES string of the molecule is COCCN(CCOC)c1ccc(N=Nc2nc3ccc(Cl)cc3s2)c(Nc2ncnc(OC)n2)c1. The second-order valence-corrected chi connectivity index (χ2v) is 8.85. The van der Waals surface area contributed by atoms with Gasteiger partial charge in [0.2, 0.25) is 11.1 Å². The molecule has 4 rings (SSSR count). The predicted octanol–water partition coefficient (Wildman–Crippen LogP) is 5.40. The normalized spacial score (nSPS) is 11.3. The first kappa shape index (κ1) is 25.6. The molecule has 0 aliphatic carbocycles. The Balaban J connectivity index is 1.68. The van der Waals surface area contributed by atoms with Crippen LogP contribution in [0, 0.1) is 0 Å². The Labute approximate surface area is 217 Å². The third kappa shape index (κ3) is 6.61. The summed E-state index contributed by atoms with van der Waals surface area (Å²) in [4.78, 5) is 19.1. The molecule has 0 spiro atoms. The quantitative estimate of drug-likeness (QED) is 0.241. The maximum absolute atomic E-state index is 6.10. The molecule has 11 nitrogen and oxygen atoms in total. The molecule has 0 aliphatic heterocycles. The van der Waals surface area contributed by atoms with Gasteiger partial charge in [-0.15, -0.1) is 10.2 Å². The smallest absolute Gasteiger partial charge is 0.320 e. The summed E-state index contributed by atoms with van der Waals surface area (Å²) in [6.45, 7) is 2.52. The van der Waals surface area contributed by atoms with Crippen LogP contribution >= 0.6 is 22.9 Å². The third-order valence-electron chi connectivity index (χ3n) is 5.04. The van der Waals surface area contributed by atoms with E-state index in [1.165, 1.54) is 24.8 Å². The molecule has 0 saturated heterocycles. The molecule has 0 amide bonds. The lowest BCUT2D eigenvalue weighted by molar-refractivity contribution is 0.190. The van der Waals surface area contributed by atoms with Crippen molar-refractivity contribution in [2.45, 2.75) is 0 Å². The first-order chi connectivity index (χ1) is 17.6. The van der Waals surface area contributed by atoms with Crippen molar-refractivity contribution in [3.05, 3.63) is 47.7 Å². The number of thiazole rings is 1. The van der Waals surface area contributed by atoms with Gasteiger partial charge in [0.05, 0.1) is 36.2 Å². The Bertz CT molecular complexity index is 1330. The summed E-state index contributed by atoms with van der Waals surface area (Å²) in [5.41, 5.74) is 2.99. The molecule has 0 saturated carbocycles. The average molecular weight is 529 g/mol. The van der Waals surface area contributed by atoms with E-state index in [1.54, 1.807) is 20.3 Å². The molecule has 2 aromatic carbocycles. The zero-order chi connectivity index (χ0) is 25.3. The van der Waals surface area contributed by atoms with Crippen molar-refractivity contribution < 1.29 is 14.2 Å². The molecule has 0 bridgehead atoms. The van der Waals surface area contributed by atoms with Crippen molar-refractivity contribution in [3.8, 4) is 6.01 Å². The van der Waals surface area contributed by atoms with Crippen LogP contribution in [0.3, 0.4) is 0 Å². The van der Waals surface area contributed by atoms with Gasteiger partial charge in [0.25, 0.3) is 0 Å². The van der Waals surface area contributed by atoms with Crippen LogP contribution < -0.4 is 15.0 Å². The minimum atomic E-state index is 0.196. The standard InChI is InChI=1S/C23H25ClN8O3S/c1-33-10-8-32(9-11-34-2)16-5-7-17(19(13-16)27-21-25-14-26-22(29-21)35-3)30-31-23-28-18-6-4-15(24)12-20(18)36-23/h4-7,12-14H,8-11H2,1-3H3,(H,25,26,27,29). The van der Waals surface area contributed by atoms with Crippen LogP contribution in [0.5, 0.6) is 6.01 Å². The van der Waals surface area contributed by atoms with E-state index >= 15 is 0 Å². The molecule has 2 aromatic heterocycles. The second kappa shape index (κ2) is 12.5. The molecule has 0 aliphatic rings. The summed E-state index contributed by atoms with van der Waals surface area (Å²) in [7, 11) is 4.85. The molecule has 1 N–H and O–H groups in total. The first-order valence-corrected chi connectivity index (χ1v) is 12.1. The van der Waals surface area contributed by atoms with Crippen LogP contribution in [0.15, 0.2) is 53.0 Å². The van der Waals surface area contributed by atoms with Gasteiger partial charge in [-0.05, 0) is 36.4 Å². The third-order valence-corrected chi connectivity index (χ3v) is 6.17. The van der Waals surface area contributed by atoms with Gasteiger partial charge in [0.15, 0.2) is 0 Å². The van der Waals surface area contributed by atoms with E-state index in [9.17, 15) is 0 Å². The van der Waals surface area contributed by atoms with Crippen molar-refractivity contribution in [2.24, 2.45) is 10.2 Å². The van der Waals surface area contributed by atoms with E-state index in [1.807, 2.05) is 30.3 Å². The van der Waals surface area contributed by atoms with Crippen molar-refractivity contribution in [1.82, 2.24) is 19.9 Å². The Morgan fingerprint density at radius 1 is 0.972 bits per heavy atom. The number of anilines is 3. The number of methoxy groups -OCH3 is 3. The molecule has 2 heterocycles. The van der Waals surface area contributed by atoms with Gasteiger partial charge >= 0.3 is 6.01 Å². The molecule has 188 valence electrons. The van der Waals surface area contributed by atoms with Gasteiger partial charge in [-0.2, -0.15) is 9.97 Å². The number of fused-ring (bicyclic) bond motifs is 1. The number of aromatic nitrogens is 4. The number of azo groups is 1. The summed E-state index contributed by atoms with van der Waals surface area (Å²) in [5, 5.41) is 13.2. The number of ether oxygens (including phenoxy) is 3. The van der Waals surface area contributed by atoms with Crippen LogP contribution in [0.2, 0.25) is 5.02 Å². The Kier molecular flexibility index (Phi) is 8.90. The van der Waals surface area contributed by atoms with Crippen molar-refractivity contribution in [3.63, 3.8) is 0 Å².